The molecule has 4 heteroatoms. The Morgan fingerprint density at radius 2 is 2.00 bits per heavy atom. The molecule has 1 N–H and O–H groups in total. The Balaban J connectivity index is 0.000000162. The molecular weight excluding hydrogens is 204 g/mol. The van der Waals surface area contributed by atoms with E-state index in [1.807, 2.05) is 18.2 Å². The summed E-state index contributed by atoms with van der Waals surface area (Å²) in [6, 6.07) is 10.6. The lowest BCUT2D eigenvalue weighted by Gasteiger charge is -1.91. The highest BCUT2D eigenvalue weighted by Gasteiger charge is 1.92. The molecule has 3 rings (SSSR count). The van der Waals surface area contributed by atoms with E-state index < -0.39 is 0 Å². The number of nitrogens with one attached hydrogen (secondary N) is 1. The second kappa shape index (κ2) is 4.93. The molecule has 2 aromatic heterocycles. The minimum Gasteiger partial charge on any atom is -0.423 e. The highest BCUT2D eigenvalue weighted by atomic mass is 16.4. The number of imidazole rings is 1. The van der Waals surface area contributed by atoms with Crippen LogP contribution in [-0.2, 0) is 0 Å². The van der Waals surface area contributed by atoms with Crippen molar-refractivity contribution in [2.75, 3.05) is 0 Å². The zero-order chi connectivity index (χ0) is 11.2. The third-order valence-electron chi connectivity index (χ3n) is 1.93. The fraction of sp³-hybridized carbons (Fsp3) is 0. The molecule has 0 bridgehead atoms. The summed E-state index contributed by atoms with van der Waals surface area (Å²) in [5, 5.41) is 0.951. The van der Waals surface area contributed by atoms with Crippen LogP contribution in [0.1, 0.15) is 0 Å². The van der Waals surface area contributed by atoms with Gasteiger partial charge in [-0.1, -0.05) is 18.2 Å². The summed E-state index contributed by atoms with van der Waals surface area (Å²) in [5.41, 5.74) is 0.337. The number of nitrogens with zero attached hydrogens (tertiary/aromatic N) is 1. The average molecular weight is 214 g/mol. The Morgan fingerprint density at radius 1 is 1.12 bits per heavy atom. The summed E-state index contributed by atoms with van der Waals surface area (Å²) in [4.78, 5) is 17.1. The predicted octanol–water partition coefficient (Wildman–Crippen LogP) is 2.20. The number of aromatic nitrogens is 2. The van der Waals surface area contributed by atoms with Crippen molar-refractivity contribution in [1.82, 2.24) is 9.97 Å². The molecule has 1 aromatic carbocycles. The molecule has 0 aliphatic carbocycles. The van der Waals surface area contributed by atoms with Crippen molar-refractivity contribution in [1.29, 1.82) is 0 Å². The number of rotatable bonds is 0. The molecule has 0 saturated heterocycles. The van der Waals surface area contributed by atoms with Crippen molar-refractivity contribution in [2.24, 2.45) is 0 Å². The van der Waals surface area contributed by atoms with Crippen molar-refractivity contribution in [3.8, 4) is 0 Å². The van der Waals surface area contributed by atoms with E-state index in [9.17, 15) is 4.79 Å². The molecule has 16 heavy (non-hydrogen) atoms. The number of para-hydroxylation sites is 1. The van der Waals surface area contributed by atoms with Crippen LogP contribution in [0.25, 0.3) is 11.0 Å². The Bertz CT molecular complexity index is 582. The average Bonchev–Trinajstić information content (AvgIpc) is 2.87. The minimum atomic E-state index is -0.302. The fourth-order valence-corrected chi connectivity index (χ4v) is 1.23. The van der Waals surface area contributed by atoms with Crippen LogP contribution in [0.4, 0.5) is 0 Å². The molecule has 0 amide bonds. The van der Waals surface area contributed by atoms with E-state index in [0.29, 0.717) is 5.58 Å². The van der Waals surface area contributed by atoms with Crippen LogP contribution in [0.2, 0.25) is 0 Å². The van der Waals surface area contributed by atoms with E-state index in [0.717, 1.165) is 5.39 Å². The van der Waals surface area contributed by atoms with Crippen LogP contribution in [0, 0.1) is 0 Å². The maximum absolute atomic E-state index is 10.7. The number of fused-ring (bicyclic) bond motifs is 1. The van der Waals surface area contributed by atoms with Crippen LogP contribution in [0.3, 0.4) is 0 Å². The molecule has 2 heterocycles. The lowest BCUT2D eigenvalue weighted by molar-refractivity contribution is 0.561. The quantitative estimate of drug-likeness (QED) is 0.583. The van der Waals surface area contributed by atoms with Gasteiger partial charge in [0.25, 0.3) is 0 Å². The van der Waals surface area contributed by atoms with E-state index >= 15 is 0 Å². The SMILES string of the molecule is O=c1ccc2ccccc2o1.c1c[nH]cn1. The zero-order valence-electron chi connectivity index (χ0n) is 8.46. The summed E-state index contributed by atoms with van der Waals surface area (Å²) in [6.45, 7) is 0. The number of hydrogen-bond acceptors (Lipinski definition) is 3. The lowest BCUT2D eigenvalue weighted by atomic mass is 10.2. The zero-order valence-corrected chi connectivity index (χ0v) is 8.46. The summed E-state index contributed by atoms with van der Waals surface area (Å²) >= 11 is 0. The number of aromatic amines is 1. The van der Waals surface area contributed by atoms with E-state index in [2.05, 4.69) is 9.97 Å². The van der Waals surface area contributed by atoms with E-state index in [-0.39, 0.29) is 5.63 Å². The van der Waals surface area contributed by atoms with Crippen molar-refractivity contribution in [2.45, 2.75) is 0 Å². The largest absolute Gasteiger partial charge is 0.423 e. The summed E-state index contributed by atoms with van der Waals surface area (Å²) in [6.07, 6.45) is 5.08. The lowest BCUT2D eigenvalue weighted by Crippen LogP contribution is -1.93. The van der Waals surface area contributed by atoms with Crippen LogP contribution < -0.4 is 5.63 Å². The van der Waals surface area contributed by atoms with Gasteiger partial charge in [-0.2, -0.15) is 0 Å². The molecule has 0 atom stereocenters. The van der Waals surface area contributed by atoms with Crippen LogP contribution >= 0.6 is 0 Å². The molecule has 0 saturated carbocycles. The van der Waals surface area contributed by atoms with Gasteiger partial charge in [-0.25, -0.2) is 9.78 Å². The highest BCUT2D eigenvalue weighted by Crippen LogP contribution is 2.08. The van der Waals surface area contributed by atoms with Crippen molar-refractivity contribution < 1.29 is 4.42 Å². The maximum atomic E-state index is 10.7. The summed E-state index contributed by atoms with van der Waals surface area (Å²) < 4.78 is 4.91. The first-order valence-electron chi connectivity index (χ1n) is 4.78. The van der Waals surface area contributed by atoms with Crippen LogP contribution in [-0.4, -0.2) is 9.97 Å². The van der Waals surface area contributed by atoms with Gasteiger partial charge in [0.2, 0.25) is 0 Å². The number of hydrogen-bond donors (Lipinski definition) is 1. The van der Waals surface area contributed by atoms with Gasteiger partial charge in [-0.15, -0.1) is 0 Å². The van der Waals surface area contributed by atoms with Gasteiger partial charge in [-0.05, 0) is 12.1 Å². The van der Waals surface area contributed by atoms with Gasteiger partial charge >= 0.3 is 5.63 Å². The topological polar surface area (TPSA) is 58.9 Å². The number of benzene rings is 1. The molecule has 0 aliphatic heterocycles. The first-order chi connectivity index (χ1) is 7.86. The highest BCUT2D eigenvalue weighted by molar-refractivity contribution is 5.75. The molecular formula is C12H10N2O2. The summed E-state index contributed by atoms with van der Waals surface area (Å²) in [7, 11) is 0. The normalized spacial score (nSPS) is 9.50. The minimum absolute atomic E-state index is 0.302. The van der Waals surface area contributed by atoms with Gasteiger partial charge in [0.05, 0.1) is 6.33 Å². The maximum Gasteiger partial charge on any atom is 0.336 e. The Hall–Kier alpha value is -2.36. The standard InChI is InChI=1S/C9H6O2.C3H4N2/c10-9-6-5-7-3-1-2-4-8(7)11-9;1-2-5-3-4-1/h1-6H;1-3H,(H,4,5). The fourth-order valence-electron chi connectivity index (χ4n) is 1.23. The molecule has 3 aromatic rings. The van der Waals surface area contributed by atoms with E-state index in [1.165, 1.54) is 6.07 Å². The number of H-pyrrole nitrogens is 1. The predicted molar refractivity (Wildman–Crippen MR) is 61.1 cm³/mol. The molecule has 0 unspecified atom stereocenters. The molecule has 0 radical (unpaired) electrons. The van der Waals surface area contributed by atoms with Crippen molar-refractivity contribution >= 4 is 11.0 Å². The van der Waals surface area contributed by atoms with E-state index in [4.69, 9.17) is 4.42 Å². The third-order valence-corrected chi connectivity index (χ3v) is 1.93. The van der Waals surface area contributed by atoms with Gasteiger partial charge < -0.3 is 9.40 Å². The summed E-state index contributed by atoms with van der Waals surface area (Å²) in [5.74, 6) is 0. The van der Waals surface area contributed by atoms with Crippen molar-refractivity contribution in [3.05, 3.63) is 65.5 Å². The molecule has 4 nitrogen and oxygen atoms in total. The Morgan fingerprint density at radius 3 is 2.69 bits per heavy atom. The smallest absolute Gasteiger partial charge is 0.336 e. The van der Waals surface area contributed by atoms with Gasteiger partial charge in [-0.3, -0.25) is 0 Å². The Labute approximate surface area is 91.6 Å². The van der Waals surface area contributed by atoms with E-state index in [1.54, 1.807) is 30.9 Å². The van der Waals surface area contributed by atoms with Crippen LogP contribution in [0.15, 0.2) is 64.3 Å². The molecule has 0 aliphatic rings. The molecule has 80 valence electrons. The first kappa shape index (κ1) is 10.2. The van der Waals surface area contributed by atoms with Gasteiger partial charge in [0, 0.05) is 23.8 Å². The third kappa shape index (κ3) is 2.57. The van der Waals surface area contributed by atoms with Crippen LogP contribution in [0.5, 0.6) is 0 Å². The van der Waals surface area contributed by atoms with Gasteiger partial charge in [0.15, 0.2) is 0 Å². The van der Waals surface area contributed by atoms with Crippen molar-refractivity contribution in [3.63, 3.8) is 0 Å². The molecule has 0 spiro atoms. The monoisotopic (exact) mass is 214 g/mol. The van der Waals surface area contributed by atoms with Gasteiger partial charge in [0.1, 0.15) is 5.58 Å². The second-order valence-electron chi connectivity index (χ2n) is 3.05. The molecule has 0 fully saturated rings. The first-order valence-corrected chi connectivity index (χ1v) is 4.78. The second-order valence-corrected chi connectivity index (χ2v) is 3.05. The Kier molecular flexibility index (Phi) is 3.13.